The topological polar surface area (TPSA) is 125 Å². The number of aryl methyl sites for hydroxylation is 1. The molecule has 0 atom stereocenters. The Balaban J connectivity index is 2.10. The summed E-state index contributed by atoms with van der Waals surface area (Å²) in [6.07, 6.45) is -0.776. The molecule has 0 radical (unpaired) electrons. The van der Waals surface area contributed by atoms with E-state index in [-0.39, 0.29) is 28.0 Å². The van der Waals surface area contributed by atoms with Gasteiger partial charge in [0.15, 0.2) is 0 Å². The van der Waals surface area contributed by atoms with E-state index >= 15 is 0 Å². The van der Waals surface area contributed by atoms with Crippen LogP contribution in [0.3, 0.4) is 0 Å². The predicted molar refractivity (Wildman–Crippen MR) is 114 cm³/mol. The molecular weight excluding hydrogens is 481 g/mol. The van der Waals surface area contributed by atoms with E-state index < -0.39 is 39.0 Å². The number of fused-ring (bicyclic) bond motifs is 1. The standard InChI is InChI=1S/C21H19F3N2O7S/c1-11-25-17-15(18(27)28)9-13(10-16(17)26(11)19(29)32-20(2,3)4)12-5-7-14(8-6-12)33-34(30,31)21(22,23)24/h5-10H,1-4H3,(H,27,28). The van der Waals surface area contributed by atoms with Gasteiger partial charge in [-0.3, -0.25) is 0 Å². The average molecular weight is 500 g/mol. The molecule has 0 amide bonds. The normalized spacial score (nSPS) is 12.6. The third-order valence-electron chi connectivity index (χ3n) is 4.41. The van der Waals surface area contributed by atoms with Crippen LogP contribution in [0.5, 0.6) is 5.75 Å². The largest absolute Gasteiger partial charge is 0.534 e. The van der Waals surface area contributed by atoms with E-state index in [1.807, 2.05) is 0 Å². The maximum atomic E-state index is 12.7. The van der Waals surface area contributed by atoms with Crippen molar-refractivity contribution in [1.82, 2.24) is 9.55 Å². The van der Waals surface area contributed by atoms with Crippen LogP contribution in [-0.4, -0.2) is 46.2 Å². The molecule has 34 heavy (non-hydrogen) atoms. The first-order valence-corrected chi connectivity index (χ1v) is 11.0. The van der Waals surface area contributed by atoms with Gasteiger partial charge in [-0.25, -0.2) is 19.1 Å². The van der Waals surface area contributed by atoms with E-state index in [0.29, 0.717) is 5.56 Å². The van der Waals surface area contributed by atoms with Gasteiger partial charge in [0, 0.05) is 0 Å². The van der Waals surface area contributed by atoms with Crippen LogP contribution in [0.4, 0.5) is 18.0 Å². The summed E-state index contributed by atoms with van der Waals surface area (Å²) in [6, 6.07) is 7.20. The number of benzene rings is 2. The summed E-state index contributed by atoms with van der Waals surface area (Å²) < 4.78 is 70.5. The molecule has 0 aliphatic rings. The summed E-state index contributed by atoms with van der Waals surface area (Å²) in [7, 11) is -5.84. The van der Waals surface area contributed by atoms with Crippen molar-refractivity contribution in [3.63, 3.8) is 0 Å². The van der Waals surface area contributed by atoms with Gasteiger partial charge in [-0.15, -0.1) is 0 Å². The Labute approximate surface area is 191 Å². The molecule has 1 N–H and O–H groups in total. The molecule has 9 nitrogen and oxygen atoms in total. The molecule has 0 saturated carbocycles. The Morgan fingerprint density at radius 3 is 2.12 bits per heavy atom. The third-order valence-corrected chi connectivity index (χ3v) is 5.39. The summed E-state index contributed by atoms with van der Waals surface area (Å²) in [5.74, 6) is -1.72. The number of ether oxygens (including phenoxy) is 1. The second kappa shape index (κ2) is 8.31. The van der Waals surface area contributed by atoms with Gasteiger partial charge in [0.25, 0.3) is 0 Å². The molecule has 0 aliphatic heterocycles. The number of halogens is 3. The van der Waals surface area contributed by atoms with Crippen LogP contribution in [0.2, 0.25) is 0 Å². The van der Waals surface area contributed by atoms with E-state index in [9.17, 15) is 36.3 Å². The fourth-order valence-corrected chi connectivity index (χ4v) is 3.50. The molecule has 182 valence electrons. The molecular formula is C21H19F3N2O7S. The van der Waals surface area contributed by atoms with Gasteiger partial charge in [-0.2, -0.15) is 21.6 Å². The number of alkyl halides is 3. The van der Waals surface area contributed by atoms with Crippen molar-refractivity contribution in [2.24, 2.45) is 0 Å². The highest BCUT2D eigenvalue weighted by atomic mass is 32.2. The number of rotatable bonds is 4. The lowest BCUT2D eigenvalue weighted by Crippen LogP contribution is -2.28. The van der Waals surface area contributed by atoms with Gasteiger partial charge < -0.3 is 14.0 Å². The maximum absolute atomic E-state index is 12.7. The molecule has 0 bridgehead atoms. The van der Waals surface area contributed by atoms with Crippen LogP contribution in [0.25, 0.3) is 22.2 Å². The van der Waals surface area contributed by atoms with E-state index in [4.69, 9.17) is 4.74 Å². The zero-order valence-electron chi connectivity index (χ0n) is 18.3. The van der Waals surface area contributed by atoms with Crippen LogP contribution >= 0.6 is 0 Å². The molecule has 1 heterocycles. The lowest BCUT2D eigenvalue weighted by atomic mass is 10.0. The fraction of sp³-hybridized carbons (Fsp3) is 0.286. The smallest absolute Gasteiger partial charge is 0.478 e. The molecule has 2 aromatic carbocycles. The zero-order chi connectivity index (χ0) is 25.6. The van der Waals surface area contributed by atoms with E-state index in [0.717, 1.165) is 16.7 Å². The molecule has 0 aliphatic carbocycles. The molecule has 0 spiro atoms. The molecule has 13 heteroatoms. The van der Waals surface area contributed by atoms with Gasteiger partial charge in [0.2, 0.25) is 0 Å². The Hall–Kier alpha value is -3.61. The molecule has 3 aromatic rings. The highest BCUT2D eigenvalue weighted by Crippen LogP contribution is 2.32. The third kappa shape index (κ3) is 4.98. The van der Waals surface area contributed by atoms with Gasteiger partial charge in [-0.05, 0) is 63.1 Å². The highest BCUT2D eigenvalue weighted by molar-refractivity contribution is 7.88. The van der Waals surface area contributed by atoms with Crippen molar-refractivity contribution in [3.8, 4) is 16.9 Å². The number of carboxylic acids is 1. The Bertz CT molecular complexity index is 1390. The number of carbonyl (C=O) groups excluding carboxylic acids is 1. The second-order valence-electron chi connectivity index (χ2n) is 8.18. The van der Waals surface area contributed by atoms with Crippen LogP contribution in [0.1, 0.15) is 37.0 Å². The minimum atomic E-state index is -5.84. The van der Waals surface area contributed by atoms with Crippen LogP contribution < -0.4 is 4.18 Å². The van der Waals surface area contributed by atoms with Crippen molar-refractivity contribution in [3.05, 3.63) is 47.8 Å². The number of carbonyl (C=O) groups is 2. The molecule has 0 unspecified atom stereocenters. The number of imidazole rings is 1. The minimum absolute atomic E-state index is 0.0378. The van der Waals surface area contributed by atoms with Gasteiger partial charge in [0.1, 0.15) is 22.7 Å². The Morgan fingerprint density at radius 1 is 1.03 bits per heavy atom. The molecule has 0 fully saturated rings. The van der Waals surface area contributed by atoms with Crippen LogP contribution in [-0.2, 0) is 14.9 Å². The fourth-order valence-electron chi connectivity index (χ4n) is 3.04. The highest BCUT2D eigenvalue weighted by Gasteiger charge is 2.48. The number of aromatic nitrogens is 2. The Morgan fingerprint density at radius 2 is 1.62 bits per heavy atom. The van der Waals surface area contributed by atoms with Crippen LogP contribution in [0.15, 0.2) is 36.4 Å². The number of aromatic carboxylic acids is 1. The first-order chi connectivity index (χ1) is 15.5. The van der Waals surface area contributed by atoms with Crippen molar-refractivity contribution >= 4 is 33.2 Å². The first kappa shape index (κ1) is 25.0. The number of nitrogens with zero attached hydrogens (tertiary/aromatic N) is 2. The van der Waals surface area contributed by atoms with Crippen molar-refractivity contribution < 1.29 is 45.2 Å². The SMILES string of the molecule is Cc1nc2c(C(=O)O)cc(-c3ccc(OS(=O)(=O)C(F)(F)F)cc3)cc2n1C(=O)OC(C)(C)C. The lowest BCUT2D eigenvalue weighted by Gasteiger charge is -2.20. The van der Waals surface area contributed by atoms with E-state index in [1.165, 1.54) is 31.2 Å². The van der Waals surface area contributed by atoms with Gasteiger partial charge in [0.05, 0.1) is 11.1 Å². The summed E-state index contributed by atoms with van der Waals surface area (Å²) >= 11 is 0. The second-order valence-corrected chi connectivity index (χ2v) is 9.72. The summed E-state index contributed by atoms with van der Waals surface area (Å²) in [5.41, 5.74) is -5.88. The first-order valence-electron chi connectivity index (χ1n) is 9.61. The molecule has 0 saturated heterocycles. The minimum Gasteiger partial charge on any atom is -0.478 e. The zero-order valence-corrected chi connectivity index (χ0v) is 19.1. The van der Waals surface area contributed by atoms with Gasteiger partial charge >= 0.3 is 27.7 Å². The summed E-state index contributed by atoms with van der Waals surface area (Å²) in [4.78, 5) is 28.8. The predicted octanol–water partition coefficient (Wildman–Crippen LogP) is 4.72. The lowest BCUT2D eigenvalue weighted by molar-refractivity contribution is -0.0500. The summed E-state index contributed by atoms with van der Waals surface area (Å²) in [5, 5.41) is 9.67. The monoisotopic (exact) mass is 500 g/mol. The van der Waals surface area contributed by atoms with E-state index in [1.54, 1.807) is 20.8 Å². The van der Waals surface area contributed by atoms with Crippen molar-refractivity contribution in [1.29, 1.82) is 0 Å². The van der Waals surface area contributed by atoms with Crippen molar-refractivity contribution in [2.45, 2.75) is 38.8 Å². The van der Waals surface area contributed by atoms with Crippen LogP contribution in [0, 0.1) is 6.92 Å². The van der Waals surface area contributed by atoms with Crippen molar-refractivity contribution in [2.75, 3.05) is 0 Å². The summed E-state index contributed by atoms with van der Waals surface area (Å²) in [6.45, 7) is 6.49. The average Bonchev–Trinajstić information content (AvgIpc) is 3.00. The molecule has 1 aromatic heterocycles. The van der Waals surface area contributed by atoms with E-state index in [2.05, 4.69) is 9.17 Å². The Kier molecular flexibility index (Phi) is 6.12. The molecule has 3 rings (SSSR count). The number of hydrogen-bond donors (Lipinski definition) is 1. The van der Waals surface area contributed by atoms with Gasteiger partial charge in [-0.1, -0.05) is 12.1 Å². The quantitative estimate of drug-likeness (QED) is 0.403. The number of carboxylic acid groups (broad SMARTS) is 1. The number of hydrogen-bond acceptors (Lipinski definition) is 7. The maximum Gasteiger partial charge on any atom is 0.534 e.